The van der Waals surface area contributed by atoms with E-state index in [1.807, 2.05) is 34.9 Å². The summed E-state index contributed by atoms with van der Waals surface area (Å²) in [6.07, 6.45) is 0. The summed E-state index contributed by atoms with van der Waals surface area (Å²) in [6, 6.07) is 50.6. The topological polar surface area (TPSA) is 30.7 Å². The molecule has 0 unspecified atom stereocenters. The van der Waals surface area contributed by atoms with E-state index in [4.69, 9.17) is 9.97 Å². The van der Waals surface area contributed by atoms with Gasteiger partial charge in [-0.15, -0.1) is 22.7 Å². The minimum Gasteiger partial charge on any atom is -0.276 e. The summed E-state index contributed by atoms with van der Waals surface area (Å²) >= 11 is 7.32. The minimum absolute atomic E-state index is 0.704. The van der Waals surface area contributed by atoms with Crippen molar-refractivity contribution in [2.45, 2.75) is 19.6 Å². The predicted molar refractivity (Wildman–Crippen MR) is 220 cm³/mol. The lowest BCUT2D eigenvalue weighted by atomic mass is 9.99. The highest BCUT2D eigenvalue weighted by molar-refractivity contribution is 8.05. The van der Waals surface area contributed by atoms with Gasteiger partial charge in [0.2, 0.25) is 5.95 Å². The second-order valence-electron chi connectivity index (χ2n) is 12.9. The molecule has 11 aromatic rings. The van der Waals surface area contributed by atoms with Gasteiger partial charge < -0.3 is 0 Å². The highest BCUT2D eigenvalue weighted by Gasteiger charge is 2.27. The SMILES string of the molecule is c1ccc2c(c1)Sc1cccc(-c3nc(-n4c5ccccc5c5c6ccccc6c6c7ccccc7sc6c54)nc4sc5ccccc5c34)c1S2. The number of aromatic nitrogens is 3. The molecule has 7 heteroatoms. The van der Waals surface area contributed by atoms with Crippen LogP contribution in [0.1, 0.15) is 0 Å². The molecule has 1 aliphatic rings. The van der Waals surface area contributed by atoms with Crippen molar-refractivity contribution in [1.82, 2.24) is 14.5 Å². The number of hydrogen-bond acceptors (Lipinski definition) is 6. The van der Waals surface area contributed by atoms with Crippen molar-refractivity contribution >= 4 is 119 Å². The maximum Gasteiger partial charge on any atom is 0.236 e. The molecule has 3 nitrogen and oxygen atoms in total. The molecule has 12 rings (SSSR count). The Morgan fingerprint density at radius 3 is 1.86 bits per heavy atom. The van der Waals surface area contributed by atoms with Crippen molar-refractivity contribution in [3.05, 3.63) is 140 Å². The lowest BCUT2D eigenvalue weighted by Crippen LogP contribution is -2.03. The Balaban J connectivity index is 1.25. The molecule has 0 N–H and O–H groups in total. The maximum atomic E-state index is 5.68. The number of nitrogens with zero attached hydrogens (tertiary/aromatic N) is 3. The van der Waals surface area contributed by atoms with Crippen LogP contribution in [0.3, 0.4) is 0 Å². The van der Waals surface area contributed by atoms with E-state index in [0.29, 0.717) is 5.95 Å². The van der Waals surface area contributed by atoms with Crippen LogP contribution in [-0.2, 0) is 0 Å². The zero-order valence-corrected chi connectivity index (χ0v) is 30.0. The first kappa shape index (κ1) is 28.5. The minimum atomic E-state index is 0.704. The zero-order chi connectivity index (χ0) is 33.2. The summed E-state index contributed by atoms with van der Waals surface area (Å²) in [5, 5.41) is 9.92. The second kappa shape index (κ2) is 10.7. The van der Waals surface area contributed by atoms with E-state index in [9.17, 15) is 0 Å². The van der Waals surface area contributed by atoms with Crippen LogP contribution < -0.4 is 0 Å². The zero-order valence-electron chi connectivity index (χ0n) is 26.8. The average molecular weight is 722 g/mol. The summed E-state index contributed by atoms with van der Waals surface area (Å²) < 4.78 is 6.13. The molecule has 0 aliphatic carbocycles. The number of hydrogen-bond donors (Lipinski definition) is 0. The van der Waals surface area contributed by atoms with Gasteiger partial charge in [0, 0.05) is 66.9 Å². The predicted octanol–water partition coefficient (Wildman–Crippen LogP) is 13.7. The standard InChI is InChI=1S/C44H23N3S4/c1-2-13-25-24(12-1)36-26-14-3-6-18-30(26)47(40(36)42-37(25)27-15-4-7-19-31(27)49-42)44-45-39(38-28-16-5-8-20-32(28)51-43(38)46-44)29-17-11-23-35-41(29)50-34-22-10-9-21-33(34)48-35/h1-23H. The van der Waals surface area contributed by atoms with Gasteiger partial charge >= 0.3 is 0 Å². The third-order valence-electron chi connectivity index (χ3n) is 10.1. The summed E-state index contributed by atoms with van der Waals surface area (Å²) in [4.78, 5) is 17.3. The van der Waals surface area contributed by atoms with E-state index < -0.39 is 0 Å². The first-order chi connectivity index (χ1) is 25.3. The third kappa shape index (κ3) is 3.97. The van der Waals surface area contributed by atoms with Crippen molar-refractivity contribution < 1.29 is 0 Å². The van der Waals surface area contributed by atoms with Crippen LogP contribution in [0.2, 0.25) is 0 Å². The molecule has 7 aromatic carbocycles. The average Bonchev–Trinajstić information content (AvgIpc) is 3.87. The first-order valence-corrected chi connectivity index (χ1v) is 20.1. The Bertz CT molecular complexity index is 3280. The van der Waals surface area contributed by atoms with Gasteiger partial charge in [0.1, 0.15) is 4.83 Å². The van der Waals surface area contributed by atoms with Gasteiger partial charge in [0.15, 0.2) is 0 Å². The van der Waals surface area contributed by atoms with Crippen molar-refractivity contribution in [1.29, 1.82) is 0 Å². The van der Waals surface area contributed by atoms with E-state index in [2.05, 4.69) is 144 Å². The lowest BCUT2D eigenvalue weighted by molar-refractivity contribution is 1.02. The van der Waals surface area contributed by atoms with E-state index in [1.165, 1.54) is 76.9 Å². The van der Waals surface area contributed by atoms with Crippen LogP contribution in [0.25, 0.3) is 90.3 Å². The molecule has 0 bridgehead atoms. The van der Waals surface area contributed by atoms with Gasteiger partial charge in [-0.25, -0.2) is 9.97 Å². The normalized spacial score (nSPS) is 12.9. The molecule has 0 fully saturated rings. The summed E-state index contributed by atoms with van der Waals surface area (Å²) in [6.45, 7) is 0. The molecule has 0 saturated heterocycles. The fraction of sp³-hybridized carbons (Fsp3) is 0. The molecule has 0 saturated carbocycles. The van der Waals surface area contributed by atoms with Crippen LogP contribution in [0, 0.1) is 0 Å². The molecule has 1 aliphatic heterocycles. The Labute approximate surface area is 308 Å². The van der Waals surface area contributed by atoms with Gasteiger partial charge in [0.05, 0.1) is 21.4 Å². The smallest absolute Gasteiger partial charge is 0.236 e. The van der Waals surface area contributed by atoms with E-state index in [-0.39, 0.29) is 0 Å². The van der Waals surface area contributed by atoms with Crippen LogP contribution in [0.15, 0.2) is 159 Å². The number of fused-ring (bicyclic) bond motifs is 15. The van der Waals surface area contributed by atoms with Crippen LogP contribution in [0.5, 0.6) is 0 Å². The van der Waals surface area contributed by atoms with Crippen molar-refractivity contribution in [2.75, 3.05) is 0 Å². The molecule has 0 amide bonds. The third-order valence-corrected chi connectivity index (χ3v) is 14.9. The summed E-state index contributed by atoms with van der Waals surface area (Å²) in [7, 11) is 0. The van der Waals surface area contributed by atoms with Gasteiger partial charge in [-0.1, -0.05) is 127 Å². The Hall–Kier alpha value is -5.18. The fourth-order valence-electron chi connectivity index (χ4n) is 7.98. The molecular formula is C44H23N3S4. The van der Waals surface area contributed by atoms with Gasteiger partial charge in [-0.05, 0) is 47.2 Å². The van der Waals surface area contributed by atoms with E-state index in [1.54, 1.807) is 11.3 Å². The van der Waals surface area contributed by atoms with Gasteiger partial charge in [-0.2, -0.15) is 0 Å². The largest absolute Gasteiger partial charge is 0.276 e. The van der Waals surface area contributed by atoms with Crippen molar-refractivity contribution in [2.24, 2.45) is 0 Å². The van der Waals surface area contributed by atoms with E-state index >= 15 is 0 Å². The van der Waals surface area contributed by atoms with Crippen LogP contribution >= 0.6 is 46.2 Å². The molecule has 238 valence electrons. The Morgan fingerprint density at radius 2 is 1.06 bits per heavy atom. The number of para-hydroxylation sites is 1. The number of thiophene rings is 2. The van der Waals surface area contributed by atoms with Crippen molar-refractivity contribution in [3.63, 3.8) is 0 Å². The fourth-order valence-corrected chi connectivity index (χ4v) is 12.7. The molecule has 4 aromatic heterocycles. The Morgan fingerprint density at radius 1 is 0.451 bits per heavy atom. The summed E-state index contributed by atoms with van der Waals surface area (Å²) in [5.41, 5.74) is 4.42. The second-order valence-corrected chi connectivity index (χ2v) is 17.1. The molecule has 0 radical (unpaired) electrons. The molecule has 0 atom stereocenters. The van der Waals surface area contributed by atoms with Crippen molar-refractivity contribution in [3.8, 4) is 17.2 Å². The number of rotatable bonds is 2. The lowest BCUT2D eigenvalue weighted by Gasteiger charge is -2.21. The highest BCUT2D eigenvalue weighted by Crippen LogP contribution is 2.53. The molecule has 51 heavy (non-hydrogen) atoms. The van der Waals surface area contributed by atoms with E-state index in [0.717, 1.165) is 27.0 Å². The molecular weight excluding hydrogens is 699 g/mol. The van der Waals surface area contributed by atoms with Crippen LogP contribution in [0.4, 0.5) is 0 Å². The molecule has 0 spiro atoms. The number of benzene rings is 7. The summed E-state index contributed by atoms with van der Waals surface area (Å²) in [5.74, 6) is 0.704. The molecule has 5 heterocycles. The first-order valence-electron chi connectivity index (χ1n) is 16.8. The maximum absolute atomic E-state index is 5.68. The quantitative estimate of drug-likeness (QED) is 0.178. The monoisotopic (exact) mass is 721 g/mol. The van der Waals surface area contributed by atoms with Crippen LogP contribution in [-0.4, -0.2) is 14.5 Å². The van der Waals surface area contributed by atoms with Gasteiger partial charge in [-0.3, -0.25) is 4.57 Å². The highest BCUT2D eigenvalue weighted by atomic mass is 32.2. The Kier molecular flexibility index (Phi) is 5.96. The van der Waals surface area contributed by atoms with Gasteiger partial charge in [0.25, 0.3) is 0 Å².